The molecule has 3 nitrogen and oxygen atoms in total. The summed E-state index contributed by atoms with van der Waals surface area (Å²) in [5.74, 6) is 0.0645. The first-order valence-electron chi connectivity index (χ1n) is 8.23. The van der Waals surface area contributed by atoms with Crippen molar-refractivity contribution in [3.63, 3.8) is 0 Å². The van der Waals surface area contributed by atoms with E-state index in [0.717, 1.165) is 17.7 Å². The quantitative estimate of drug-likeness (QED) is 0.654. The van der Waals surface area contributed by atoms with Crippen LogP contribution in [0.15, 0.2) is 42.5 Å². The van der Waals surface area contributed by atoms with E-state index in [1.807, 2.05) is 27.2 Å². The van der Waals surface area contributed by atoms with Crippen molar-refractivity contribution in [3.05, 3.63) is 63.6 Å². The standard InChI is InChI=1S/C20H24Cl2N2O.ClH/c1-14(10-15-6-5-7-17(11-15)23(2)3)24(4)20(25)13-16-8-9-18(21)19(22)12-16;/h5-9,11-12,14H,10,13H2,1-4H3;1H. The third-order valence-corrected chi connectivity index (χ3v) is 5.09. The van der Waals surface area contributed by atoms with Crippen LogP contribution in [0.4, 0.5) is 5.69 Å². The third-order valence-electron chi connectivity index (χ3n) is 4.35. The summed E-state index contributed by atoms with van der Waals surface area (Å²) in [5, 5.41) is 0.975. The van der Waals surface area contributed by atoms with Crippen molar-refractivity contribution in [2.24, 2.45) is 0 Å². The largest absolute Gasteiger partial charge is 0.378 e. The number of carbonyl (C=O) groups excluding carboxylic acids is 1. The summed E-state index contributed by atoms with van der Waals surface area (Å²) < 4.78 is 0. The molecule has 0 aliphatic heterocycles. The molecule has 26 heavy (non-hydrogen) atoms. The zero-order chi connectivity index (χ0) is 18.6. The number of nitrogens with zero attached hydrogens (tertiary/aromatic N) is 2. The molecule has 0 aromatic heterocycles. The molecule has 1 amide bonds. The Morgan fingerprint density at radius 1 is 1.00 bits per heavy atom. The van der Waals surface area contributed by atoms with Gasteiger partial charge in [-0.15, -0.1) is 12.4 Å². The van der Waals surface area contributed by atoms with Crippen molar-refractivity contribution in [1.29, 1.82) is 0 Å². The highest BCUT2D eigenvalue weighted by atomic mass is 35.5. The molecule has 0 N–H and O–H groups in total. The van der Waals surface area contributed by atoms with Gasteiger partial charge < -0.3 is 9.80 Å². The molecule has 0 radical (unpaired) electrons. The molecule has 0 aliphatic carbocycles. The van der Waals surface area contributed by atoms with Crippen molar-refractivity contribution in [2.75, 3.05) is 26.0 Å². The van der Waals surface area contributed by atoms with Gasteiger partial charge in [0.25, 0.3) is 0 Å². The van der Waals surface area contributed by atoms with Crippen molar-refractivity contribution < 1.29 is 4.79 Å². The number of hydrogen-bond acceptors (Lipinski definition) is 2. The molecule has 6 heteroatoms. The number of likely N-dealkylation sites (N-methyl/N-ethyl adjacent to an activating group) is 1. The number of amides is 1. The first-order valence-corrected chi connectivity index (χ1v) is 8.99. The minimum atomic E-state index is 0. The summed E-state index contributed by atoms with van der Waals surface area (Å²) in [6, 6.07) is 13.8. The van der Waals surface area contributed by atoms with Gasteiger partial charge in [0.2, 0.25) is 5.91 Å². The maximum atomic E-state index is 12.6. The normalized spacial score (nSPS) is 11.5. The van der Waals surface area contributed by atoms with Crippen molar-refractivity contribution in [3.8, 4) is 0 Å². The molecule has 1 unspecified atom stereocenters. The van der Waals surface area contributed by atoms with Crippen molar-refractivity contribution in [2.45, 2.75) is 25.8 Å². The van der Waals surface area contributed by atoms with Crippen LogP contribution < -0.4 is 4.90 Å². The molecular weight excluding hydrogens is 391 g/mol. The Hall–Kier alpha value is -1.42. The van der Waals surface area contributed by atoms with Gasteiger partial charge in [0.1, 0.15) is 0 Å². The van der Waals surface area contributed by atoms with Gasteiger partial charge in [0, 0.05) is 32.9 Å². The minimum Gasteiger partial charge on any atom is -0.378 e. The number of rotatable bonds is 6. The Bertz CT molecular complexity index is 750. The van der Waals surface area contributed by atoms with Gasteiger partial charge in [0.05, 0.1) is 16.5 Å². The summed E-state index contributed by atoms with van der Waals surface area (Å²) in [5.41, 5.74) is 3.25. The Balaban J connectivity index is 0.00000338. The van der Waals surface area contributed by atoms with Crippen molar-refractivity contribution in [1.82, 2.24) is 4.90 Å². The number of benzene rings is 2. The predicted octanol–water partition coefficient (Wildman–Crippen LogP) is 5.11. The fraction of sp³-hybridized carbons (Fsp3) is 0.350. The molecule has 0 spiro atoms. The van der Waals surface area contributed by atoms with E-state index in [2.05, 4.69) is 36.1 Å². The molecule has 0 fully saturated rings. The fourth-order valence-corrected chi connectivity index (χ4v) is 2.96. The highest BCUT2D eigenvalue weighted by Gasteiger charge is 2.17. The first-order chi connectivity index (χ1) is 11.8. The molecule has 0 saturated carbocycles. The van der Waals surface area contributed by atoms with Crippen LogP contribution in [0.2, 0.25) is 10.0 Å². The first kappa shape index (κ1) is 22.6. The van der Waals surface area contributed by atoms with E-state index in [-0.39, 0.29) is 24.4 Å². The lowest BCUT2D eigenvalue weighted by molar-refractivity contribution is -0.130. The van der Waals surface area contributed by atoms with Crippen LogP contribution in [-0.4, -0.2) is 38.0 Å². The number of carbonyl (C=O) groups is 1. The van der Waals surface area contributed by atoms with Crippen LogP contribution in [0.5, 0.6) is 0 Å². The van der Waals surface area contributed by atoms with Gasteiger partial charge in [0.15, 0.2) is 0 Å². The van der Waals surface area contributed by atoms with Crippen LogP contribution in [0.25, 0.3) is 0 Å². The second-order valence-corrected chi connectivity index (χ2v) is 7.36. The third kappa shape index (κ3) is 6.08. The zero-order valence-electron chi connectivity index (χ0n) is 15.5. The van der Waals surface area contributed by atoms with Gasteiger partial charge in [-0.1, -0.05) is 41.4 Å². The maximum Gasteiger partial charge on any atom is 0.226 e. The Morgan fingerprint density at radius 3 is 2.31 bits per heavy atom. The molecule has 2 rings (SSSR count). The van der Waals surface area contributed by atoms with Gasteiger partial charge in [-0.2, -0.15) is 0 Å². The van der Waals surface area contributed by atoms with Crippen LogP contribution in [0.3, 0.4) is 0 Å². The molecule has 142 valence electrons. The second kappa shape index (κ2) is 10.1. The Morgan fingerprint density at radius 2 is 1.69 bits per heavy atom. The van der Waals surface area contributed by atoms with Crippen LogP contribution in [0, 0.1) is 0 Å². The number of halogens is 3. The lowest BCUT2D eigenvalue weighted by Gasteiger charge is -2.26. The molecule has 0 aliphatic rings. The smallest absolute Gasteiger partial charge is 0.226 e. The molecule has 1 atom stereocenters. The number of anilines is 1. The lowest BCUT2D eigenvalue weighted by atomic mass is 10.0. The van der Waals surface area contributed by atoms with E-state index in [0.29, 0.717) is 16.5 Å². The predicted molar refractivity (Wildman–Crippen MR) is 114 cm³/mol. The van der Waals surface area contributed by atoms with Crippen LogP contribution in [-0.2, 0) is 17.6 Å². The van der Waals surface area contributed by atoms with E-state index in [1.165, 1.54) is 5.56 Å². The summed E-state index contributed by atoms with van der Waals surface area (Å²) in [4.78, 5) is 16.4. The molecule has 2 aromatic rings. The van der Waals surface area contributed by atoms with Gasteiger partial charge >= 0.3 is 0 Å². The van der Waals surface area contributed by atoms with Gasteiger partial charge in [-0.3, -0.25) is 4.79 Å². The van der Waals surface area contributed by atoms with Crippen molar-refractivity contribution >= 4 is 47.2 Å². The summed E-state index contributed by atoms with van der Waals surface area (Å²) in [6.45, 7) is 2.06. The monoisotopic (exact) mass is 414 g/mol. The van der Waals surface area contributed by atoms with E-state index < -0.39 is 0 Å². The zero-order valence-corrected chi connectivity index (χ0v) is 17.8. The van der Waals surface area contributed by atoms with E-state index in [1.54, 1.807) is 17.0 Å². The average molecular weight is 416 g/mol. The minimum absolute atomic E-state index is 0. The molecular formula is C20H25Cl3N2O. The van der Waals surface area contributed by atoms with Gasteiger partial charge in [-0.05, 0) is 48.7 Å². The average Bonchev–Trinajstić information content (AvgIpc) is 2.57. The fourth-order valence-electron chi connectivity index (χ4n) is 2.63. The van der Waals surface area contributed by atoms with E-state index in [4.69, 9.17) is 23.2 Å². The SMILES string of the molecule is CC(Cc1cccc(N(C)C)c1)N(C)C(=O)Cc1ccc(Cl)c(Cl)c1.Cl. The molecule has 0 saturated heterocycles. The summed E-state index contributed by atoms with van der Waals surface area (Å²) in [7, 11) is 5.89. The molecule has 2 aromatic carbocycles. The molecule has 0 bridgehead atoms. The van der Waals surface area contributed by atoms with Gasteiger partial charge in [-0.25, -0.2) is 0 Å². The van der Waals surface area contributed by atoms with E-state index >= 15 is 0 Å². The summed E-state index contributed by atoms with van der Waals surface area (Å²) in [6.07, 6.45) is 1.13. The second-order valence-electron chi connectivity index (χ2n) is 6.55. The Labute approximate surface area is 172 Å². The maximum absolute atomic E-state index is 12.6. The topological polar surface area (TPSA) is 23.6 Å². The number of hydrogen-bond donors (Lipinski definition) is 0. The summed E-state index contributed by atoms with van der Waals surface area (Å²) >= 11 is 12.0. The van der Waals surface area contributed by atoms with Crippen LogP contribution >= 0.6 is 35.6 Å². The highest BCUT2D eigenvalue weighted by Crippen LogP contribution is 2.23. The van der Waals surface area contributed by atoms with Crippen LogP contribution in [0.1, 0.15) is 18.1 Å². The molecule has 0 heterocycles. The van der Waals surface area contributed by atoms with E-state index in [9.17, 15) is 4.79 Å². The Kier molecular flexibility index (Phi) is 8.75. The highest BCUT2D eigenvalue weighted by molar-refractivity contribution is 6.42. The lowest BCUT2D eigenvalue weighted by Crippen LogP contribution is -2.37.